The Hall–Kier alpha value is -0.380. The zero-order chi connectivity index (χ0) is 13.8. The lowest BCUT2D eigenvalue weighted by Gasteiger charge is -2.39. The maximum Gasteiger partial charge on any atom is 0.0245 e. The highest BCUT2D eigenvalue weighted by atomic mass is 32.1. The van der Waals surface area contributed by atoms with Gasteiger partial charge in [0.1, 0.15) is 0 Å². The van der Waals surface area contributed by atoms with Crippen LogP contribution in [0.25, 0.3) is 0 Å². The van der Waals surface area contributed by atoms with Crippen LogP contribution in [0.2, 0.25) is 0 Å². The summed E-state index contributed by atoms with van der Waals surface area (Å²) in [6.45, 7) is 4.94. The molecule has 0 atom stereocenters. The summed E-state index contributed by atoms with van der Waals surface area (Å²) in [6, 6.07) is 2.34. The van der Waals surface area contributed by atoms with Gasteiger partial charge < -0.3 is 5.32 Å². The van der Waals surface area contributed by atoms with Gasteiger partial charge in [0.25, 0.3) is 0 Å². The van der Waals surface area contributed by atoms with E-state index in [1.54, 1.807) is 10.4 Å². The van der Waals surface area contributed by atoms with E-state index >= 15 is 0 Å². The van der Waals surface area contributed by atoms with Crippen molar-refractivity contribution in [2.24, 2.45) is 5.41 Å². The molecule has 3 heteroatoms. The predicted octanol–water partition coefficient (Wildman–Crippen LogP) is 3.67. The molecule has 0 unspecified atom stereocenters. The highest BCUT2D eigenvalue weighted by molar-refractivity contribution is 7.10. The van der Waals surface area contributed by atoms with Crippen LogP contribution in [0.4, 0.5) is 0 Å². The minimum Gasteiger partial charge on any atom is -0.319 e. The summed E-state index contributed by atoms with van der Waals surface area (Å²) < 4.78 is 0. The molecular weight excluding hydrogens is 264 g/mol. The molecule has 3 rings (SSSR count). The summed E-state index contributed by atoms with van der Waals surface area (Å²) in [4.78, 5) is 4.35. The van der Waals surface area contributed by atoms with Gasteiger partial charge in [-0.15, -0.1) is 11.3 Å². The standard InChI is InChI=1S/C17H28N2S/c1-18-13-17(8-4-2-3-5-9-17)14-19-10-6-16-15(12-19)7-11-20-16/h7,11,18H,2-6,8-10,12-14H2,1H3. The zero-order valence-corrected chi connectivity index (χ0v) is 13.6. The first-order valence-electron chi connectivity index (χ1n) is 8.24. The predicted molar refractivity (Wildman–Crippen MR) is 87.4 cm³/mol. The molecule has 1 aliphatic heterocycles. The second-order valence-electron chi connectivity index (χ2n) is 6.77. The Labute approximate surface area is 127 Å². The Morgan fingerprint density at radius 3 is 2.80 bits per heavy atom. The Morgan fingerprint density at radius 1 is 1.25 bits per heavy atom. The number of hydrogen-bond acceptors (Lipinski definition) is 3. The van der Waals surface area contributed by atoms with Gasteiger partial charge in [0, 0.05) is 31.1 Å². The zero-order valence-electron chi connectivity index (χ0n) is 12.8. The van der Waals surface area contributed by atoms with Crippen LogP contribution in [0.1, 0.15) is 49.0 Å². The van der Waals surface area contributed by atoms with E-state index in [4.69, 9.17) is 0 Å². The normalized spacial score (nSPS) is 23.2. The Bertz CT molecular complexity index is 418. The molecule has 1 aromatic rings. The third-order valence-electron chi connectivity index (χ3n) is 5.16. The van der Waals surface area contributed by atoms with Crippen molar-refractivity contribution < 1.29 is 0 Å². The molecule has 1 fully saturated rings. The van der Waals surface area contributed by atoms with Gasteiger partial charge in [-0.3, -0.25) is 4.90 Å². The van der Waals surface area contributed by atoms with Crippen molar-refractivity contribution in [2.75, 3.05) is 26.7 Å². The van der Waals surface area contributed by atoms with Crippen molar-refractivity contribution in [3.8, 4) is 0 Å². The number of nitrogens with one attached hydrogen (secondary N) is 1. The van der Waals surface area contributed by atoms with E-state index in [0.29, 0.717) is 5.41 Å². The minimum atomic E-state index is 0.527. The highest BCUT2D eigenvalue weighted by Gasteiger charge is 2.33. The maximum absolute atomic E-state index is 3.49. The van der Waals surface area contributed by atoms with Gasteiger partial charge in [0.2, 0.25) is 0 Å². The second-order valence-corrected chi connectivity index (χ2v) is 7.77. The van der Waals surface area contributed by atoms with Crippen LogP contribution in [-0.4, -0.2) is 31.6 Å². The first-order valence-corrected chi connectivity index (χ1v) is 9.12. The molecule has 1 aliphatic carbocycles. The molecule has 20 heavy (non-hydrogen) atoms. The molecule has 0 bridgehead atoms. The van der Waals surface area contributed by atoms with Gasteiger partial charge in [-0.25, -0.2) is 0 Å². The summed E-state index contributed by atoms with van der Waals surface area (Å²) in [5.41, 5.74) is 2.12. The van der Waals surface area contributed by atoms with E-state index in [-0.39, 0.29) is 0 Å². The van der Waals surface area contributed by atoms with E-state index in [1.807, 2.05) is 11.3 Å². The summed E-state index contributed by atoms with van der Waals surface area (Å²) in [6.07, 6.45) is 9.85. The number of thiophene rings is 1. The van der Waals surface area contributed by atoms with Crippen molar-refractivity contribution in [1.82, 2.24) is 10.2 Å². The van der Waals surface area contributed by atoms with Crippen LogP contribution >= 0.6 is 11.3 Å². The molecule has 112 valence electrons. The lowest BCUT2D eigenvalue weighted by Crippen LogP contribution is -2.44. The van der Waals surface area contributed by atoms with E-state index in [1.165, 1.54) is 71.1 Å². The molecule has 1 saturated carbocycles. The van der Waals surface area contributed by atoms with Gasteiger partial charge >= 0.3 is 0 Å². The number of fused-ring (bicyclic) bond motifs is 1. The molecular formula is C17H28N2S. The van der Waals surface area contributed by atoms with Crippen LogP contribution in [0, 0.1) is 5.41 Å². The fourth-order valence-electron chi connectivity index (χ4n) is 4.16. The molecule has 2 aliphatic rings. The molecule has 0 saturated heterocycles. The lowest BCUT2D eigenvalue weighted by atomic mass is 9.79. The van der Waals surface area contributed by atoms with Gasteiger partial charge in [-0.05, 0) is 48.7 Å². The topological polar surface area (TPSA) is 15.3 Å². The van der Waals surface area contributed by atoms with E-state index in [9.17, 15) is 0 Å². The molecule has 0 spiro atoms. The fraction of sp³-hybridized carbons (Fsp3) is 0.765. The third-order valence-corrected chi connectivity index (χ3v) is 6.18. The Balaban J connectivity index is 1.67. The van der Waals surface area contributed by atoms with Gasteiger partial charge in [0.15, 0.2) is 0 Å². The Kier molecular flexibility index (Phi) is 4.79. The molecule has 0 amide bonds. The van der Waals surface area contributed by atoms with Crippen molar-refractivity contribution in [1.29, 1.82) is 0 Å². The van der Waals surface area contributed by atoms with Crippen LogP contribution < -0.4 is 5.32 Å². The number of rotatable bonds is 4. The maximum atomic E-state index is 3.49. The molecule has 2 nitrogen and oxygen atoms in total. The summed E-state index contributed by atoms with van der Waals surface area (Å²) in [7, 11) is 2.12. The third kappa shape index (κ3) is 3.26. The first kappa shape index (κ1) is 14.6. The monoisotopic (exact) mass is 292 g/mol. The largest absolute Gasteiger partial charge is 0.319 e. The average Bonchev–Trinajstić information content (AvgIpc) is 2.79. The molecule has 1 N–H and O–H groups in total. The quantitative estimate of drug-likeness (QED) is 0.852. The first-order chi connectivity index (χ1) is 9.81. The van der Waals surface area contributed by atoms with Crippen LogP contribution in [0.5, 0.6) is 0 Å². The molecule has 2 heterocycles. The Morgan fingerprint density at radius 2 is 2.05 bits per heavy atom. The van der Waals surface area contributed by atoms with Crippen LogP contribution in [0.3, 0.4) is 0 Å². The smallest absolute Gasteiger partial charge is 0.0245 e. The van der Waals surface area contributed by atoms with Crippen molar-refractivity contribution in [3.63, 3.8) is 0 Å². The average molecular weight is 292 g/mol. The van der Waals surface area contributed by atoms with E-state index in [0.717, 1.165) is 0 Å². The summed E-state index contributed by atoms with van der Waals surface area (Å²) in [5, 5.41) is 5.75. The highest BCUT2D eigenvalue weighted by Crippen LogP contribution is 2.36. The van der Waals surface area contributed by atoms with Gasteiger partial charge in [0.05, 0.1) is 0 Å². The van der Waals surface area contributed by atoms with E-state index in [2.05, 4.69) is 28.7 Å². The van der Waals surface area contributed by atoms with Crippen molar-refractivity contribution in [2.45, 2.75) is 51.5 Å². The summed E-state index contributed by atoms with van der Waals surface area (Å²) in [5.74, 6) is 0. The molecule has 1 aromatic heterocycles. The summed E-state index contributed by atoms with van der Waals surface area (Å²) >= 11 is 1.95. The van der Waals surface area contributed by atoms with E-state index < -0.39 is 0 Å². The fourth-order valence-corrected chi connectivity index (χ4v) is 5.05. The van der Waals surface area contributed by atoms with Crippen LogP contribution in [0.15, 0.2) is 11.4 Å². The van der Waals surface area contributed by atoms with Gasteiger partial charge in [-0.1, -0.05) is 25.7 Å². The van der Waals surface area contributed by atoms with Crippen LogP contribution in [-0.2, 0) is 13.0 Å². The molecule has 0 radical (unpaired) electrons. The van der Waals surface area contributed by atoms with Gasteiger partial charge in [-0.2, -0.15) is 0 Å². The molecule has 0 aromatic carbocycles. The second kappa shape index (κ2) is 6.59. The number of hydrogen-bond donors (Lipinski definition) is 1. The van der Waals surface area contributed by atoms with Crippen molar-refractivity contribution >= 4 is 11.3 Å². The number of nitrogens with zero attached hydrogens (tertiary/aromatic N) is 1. The lowest BCUT2D eigenvalue weighted by molar-refractivity contribution is 0.119. The van der Waals surface area contributed by atoms with Crippen molar-refractivity contribution in [3.05, 3.63) is 21.9 Å². The SMILES string of the molecule is CNCC1(CN2CCc3sccc3C2)CCCCCC1. The minimum absolute atomic E-state index is 0.527.